The van der Waals surface area contributed by atoms with E-state index >= 15 is 0 Å². The molecular formula is C19H23N3O3. The number of amides is 1. The third kappa shape index (κ3) is 5.04. The monoisotopic (exact) mass is 341 g/mol. The fourth-order valence-corrected chi connectivity index (χ4v) is 2.62. The molecule has 1 amide bonds. The number of anilines is 1. The Bertz CT molecular complexity index is 742. The number of nitro groups is 1. The minimum atomic E-state index is -0.445. The fraction of sp³-hybridized carbons (Fsp3) is 0.316. The van der Waals surface area contributed by atoms with Gasteiger partial charge in [-0.05, 0) is 23.6 Å². The van der Waals surface area contributed by atoms with Crippen LogP contribution in [-0.2, 0) is 17.6 Å². The van der Waals surface area contributed by atoms with Crippen LogP contribution in [0.5, 0.6) is 0 Å². The van der Waals surface area contributed by atoms with Gasteiger partial charge in [0.15, 0.2) is 0 Å². The lowest BCUT2D eigenvalue weighted by Crippen LogP contribution is -2.30. The number of para-hydroxylation sites is 1. The van der Waals surface area contributed by atoms with Crippen LogP contribution in [0.15, 0.2) is 48.5 Å². The quantitative estimate of drug-likeness (QED) is 0.574. The number of nitro benzene ring substituents is 1. The van der Waals surface area contributed by atoms with Gasteiger partial charge in [-0.25, -0.2) is 0 Å². The highest BCUT2D eigenvalue weighted by molar-refractivity contribution is 5.78. The highest BCUT2D eigenvalue weighted by Gasteiger charge is 2.12. The molecule has 0 aliphatic rings. The predicted molar refractivity (Wildman–Crippen MR) is 98.9 cm³/mol. The number of rotatable bonds is 7. The first-order chi connectivity index (χ1) is 11.9. The van der Waals surface area contributed by atoms with Crippen LogP contribution in [0.3, 0.4) is 0 Å². The Kier molecular flexibility index (Phi) is 6.11. The zero-order valence-corrected chi connectivity index (χ0v) is 14.8. The van der Waals surface area contributed by atoms with E-state index in [0.29, 0.717) is 6.54 Å². The number of non-ortho nitro benzene ring substituents is 1. The number of likely N-dealkylation sites (N-methyl/N-ethyl adjacent to an activating group) is 1. The van der Waals surface area contributed by atoms with E-state index in [1.54, 1.807) is 24.1 Å². The molecule has 0 aliphatic heterocycles. The van der Waals surface area contributed by atoms with Gasteiger partial charge in [-0.3, -0.25) is 14.9 Å². The van der Waals surface area contributed by atoms with Crippen LogP contribution in [0.4, 0.5) is 11.4 Å². The summed E-state index contributed by atoms with van der Waals surface area (Å²) in [6.07, 6.45) is 1.01. The molecule has 0 aromatic heterocycles. The average Bonchev–Trinajstić information content (AvgIpc) is 2.60. The average molecular weight is 341 g/mol. The zero-order valence-electron chi connectivity index (χ0n) is 14.8. The Balaban J connectivity index is 1.93. The van der Waals surface area contributed by atoms with Crippen LogP contribution >= 0.6 is 0 Å². The molecule has 25 heavy (non-hydrogen) atoms. The molecule has 2 aromatic carbocycles. The van der Waals surface area contributed by atoms with Crippen LogP contribution in [0.2, 0.25) is 0 Å². The van der Waals surface area contributed by atoms with Crippen LogP contribution in [-0.4, -0.2) is 43.4 Å². The molecule has 0 fully saturated rings. The lowest BCUT2D eigenvalue weighted by atomic mass is 10.1. The Morgan fingerprint density at radius 1 is 1.04 bits per heavy atom. The summed E-state index contributed by atoms with van der Waals surface area (Å²) < 4.78 is 0. The van der Waals surface area contributed by atoms with E-state index in [4.69, 9.17) is 0 Å². The largest absolute Gasteiger partial charge is 0.377 e. The van der Waals surface area contributed by atoms with E-state index < -0.39 is 4.92 Å². The normalized spacial score (nSPS) is 10.4. The number of carbonyl (C=O) groups is 1. The molecule has 6 nitrogen and oxygen atoms in total. The number of carbonyl (C=O) groups excluding carboxylic acids is 1. The van der Waals surface area contributed by atoms with Crippen molar-refractivity contribution in [2.24, 2.45) is 0 Å². The Morgan fingerprint density at radius 3 is 2.28 bits per heavy atom. The Morgan fingerprint density at radius 2 is 1.68 bits per heavy atom. The second-order valence-corrected chi connectivity index (χ2v) is 6.19. The molecule has 0 heterocycles. The summed E-state index contributed by atoms with van der Waals surface area (Å²) in [4.78, 5) is 26.3. The fourth-order valence-electron chi connectivity index (χ4n) is 2.62. The van der Waals surface area contributed by atoms with E-state index in [1.165, 1.54) is 17.7 Å². The highest BCUT2D eigenvalue weighted by Crippen LogP contribution is 2.19. The summed E-state index contributed by atoms with van der Waals surface area (Å²) in [5, 5.41) is 10.7. The molecule has 2 aromatic rings. The van der Waals surface area contributed by atoms with Crippen LogP contribution in [0.25, 0.3) is 0 Å². The first-order valence-corrected chi connectivity index (χ1v) is 8.11. The van der Waals surface area contributed by atoms with E-state index in [9.17, 15) is 14.9 Å². The van der Waals surface area contributed by atoms with Crippen molar-refractivity contribution in [2.45, 2.75) is 12.8 Å². The molecule has 0 spiro atoms. The summed E-state index contributed by atoms with van der Waals surface area (Å²) >= 11 is 0. The number of hydrogen-bond donors (Lipinski definition) is 0. The molecule has 0 atom stereocenters. The molecule has 2 rings (SSSR count). The third-order valence-corrected chi connectivity index (χ3v) is 4.12. The number of nitrogens with zero attached hydrogens (tertiary/aromatic N) is 3. The lowest BCUT2D eigenvalue weighted by molar-refractivity contribution is -0.384. The molecule has 6 heteroatoms. The van der Waals surface area contributed by atoms with Gasteiger partial charge in [-0.15, -0.1) is 0 Å². The summed E-state index contributed by atoms with van der Waals surface area (Å²) in [5.74, 6) is -0.00353. The first kappa shape index (κ1) is 18.4. The van der Waals surface area contributed by atoms with E-state index in [0.717, 1.165) is 17.7 Å². The maximum absolute atomic E-state index is 12.4. The van der Waals surface area contributed by atoms with Gasteiger partial charge < -0.3 is 9.80 Å². The maximum atomic E-state index is 12.4. The summed E-state index contributed by atoms with van der Waals surface area (Å²) in [5.41, 5.74) is 3.15. The minimum Gasteiger partial charge on any atom is -0.377 e. The molecule has 0 saturated carbocycles. The standard InChI is InChI=1S/C19H23N3O3/c1-20(2)18-7-5-4-6-16(18)12-13-21(3)19(23)14-15-8-10-17(11-9-15)22(24)25/h4-11H,12-14H2,1-3H3. The SMILES string of the molecule is CN(CCc1ccccc1N(C)C)C(=O)Cc1ccc([N+](=O)[O-])cc1. The molecule has 0 unspecified atom stereocenters. The van der Waals surface area contributed by atoms with E-state index in [1.807, 2.05) is 26.2 Å². The van der Waals surface area contributed by atoms with Gasteiger partial charge >= 0.3 is 0 Å². The smallest absolute Gasteiger partial charge is 0.269 e. The summed E-state index contributed by atoms with van der Waals surface area (Å²) in [7, 11) is 5.79. The molecule has 132 valence electrons. The van der Waals surface area contributed by atoms with Crippen molar-refractivity contribution in [3.63, 3.8) is 0 Å². The van der Waals surface area contributed by atoms with Crippen LogP contribution < -0.4 is 4.90 Å². The second kappa shape index (κ2) is 8.28. The van der Waals surface area contributed by atoms with Gasteiger partial charge in [-0.1, -0.05) is 30.3 Å². The van der Waals surface area contributed by atoms with Crippen molar-refractivity contribution in [1.82, 2.24) is 4.90 Å². The van der Waals surface area contributed by atoms with Crippen molar-refractivity contribution in [2.75, 3.05) is 32.6 Å². The third-order valence-electron chi connectivity index (χ3n) is 4.12. The summed E-state index contributed by atoms with van der Waals surface area (Å²) in [6, 6.07) is 14.3. The van der Waals surface area contributed by atoms with Crippen molar-refractivity contribution >= 4 is 17.3 Å². The van der Waals surface area contributed by atoms with Crippen molar-refractivity contribution in [3.05, 3.63) is 69.8 Å². The van der Waals surface area contributed by atoms with Crippen LogP contribution in [0, 0.1) is 10.1 Å². The molecule has 0 N–H and O–H groups in total. The molecular weight excluding hydrogens is 318 g/mol. The van der Waals surface area contributed by atoms with Gasteiger partial charge in [0.2, 0.25) is 5.91 Å². The van der Waals surface area contributed by atoms with Crippen LogP contribution in [0.1, 0.15) is 11.1 Å². The molecule has 0 aliphatic carbocycles. The number of hydrogen-bond acceptors (Lipinski definition) is 4. The lowest BCUT2D eigenvalue weighted by Gasteiger charge is -2.21. The van der Waals surface area contributed by atoms with Gasteiger partial charge in [0.25, 0.3) is 5.69 Å². The minimum absolute atomic E-state index is 0.00353. The van der Waals surface area contributed by atoms with Gasteiger partial charge in [0, 0.05) is 45.5 Å². The van der Waals surface area contributed by atoms with Crippen molar-refractivity contribution in [3.8, 4) is 0 Å². The first-order valence-electron chi connectivity index (χ1n) is 8.11. The van der Waals surface area contributed by atoms with E-state index in [2.05, 4.69) is 17.0 Å². The van der Waals surface area contributed by atoms with Gasteiger partial charge in [0.05, 0.1) is 11.3 Å². The number of benzene rings is 2. The van der Waals surface area contributed by atoms with Crippen molar-refractivity contribution < 1.29 is 9.72 Å². The molecule has 0 saturated heterocycles. The molecule has 0 bridgehead atoms. The maximum Gasteiger partial charge on any atom is 0.269 e. The van der Waals surface area contributed by atoms with Crippen molar-refractivity contribution in [1.29, 1.82) is 0 Å². The Hall–Kier alpha value is -2.89. The molecule has 0 radical (unpaired) electrons. The Labute approximate surface area is 147 Å². The summed E-state index contributed by atoms with van der Waals surface area (Å²) in [6.45, 7) is 0.622. The van der Waals surface area contributed by atoms with Gasteiger partial charge in [0.1, 0.15) is 0 Å². The highest BCUT2D eigenvalue weighted by atomic mass is 16.6. The topological polar surface area (TPSA) is 66.7 Å². The second-order valence-electron chi connectivity index (χ2n) is 6.19. The van der Waals surface area contributed by atoms with E-state index in [-0.39, 0.29) is 18.0 Å². The zero-order chi connectivity index (χ0) is 18.4. The predicted octanol–water partition coefficient (Wildman–Crippen LogP) is 2.90. The van der Waals surface area contributed by atoms with Gasteiger partial charge in [-0.2, -0.15) is 0 Å².